The maximum absolute atomic E-state index is 13.0. The molecule has 4 nitrogen and oxygen atoms in total. The predicted molar refractivity (Wildman–Crippen MR) is 77.4 cm³/mol. The van der Waals surface area contributed by atoms with Crippen molar-refractivity contribution in [3.05, 3.63) is 30.1 Å². The lowest BCUT2D eigenvalue weighted by atomic mass is 9.95. The average molecular weight is 279 g/mol. The Balaban J connectivity index is 1.63. The van der Waals surface area contributed by atoms with Crippen LogP contribution in [-0.4, -0.2) is 56.4 Å². The van der Waals surface area contributed by atoms with Crippen LogP contribution >= 0.6 is 0 Å². The van der Waals surface area contributed by atoms with Gasteiger partial charge in [0.25, 0.3) is 0 Å². The third-order valence-electron chi connectivity index (χ3n) is 4.60. The highest BCUT2D eigenvalue weighted by Crippen LogP contribution is 2.27. The minimum Gasteiger partial charge on any atom is -0.379 e. The highest BCUT2D eigenvalue weighted by Gasteiger charge is 2.40. The van der Waals surface area contributed by atoms with Gasteiger partial charge in [-0.15, -0.1) is 0 Å². The van der Waals surface area contributed by atoms with E-state index in [9.17, 15) is 4.39 Å². The largest absolute Gasteiger partial charge is 0.379 e. The first kappa shape index (κ1) is 13.8. The molecule has 2 aliphatic rings. The van der Waals surface area contributed by atoms with Crippen LogP contribution in [0.2, 0.25) is 0 Å². The molecule has 1 unspecified atom stereocenters. The van der Waals surface area contributed by atoms with Gasteiger partial charge in [0.1, 0.15) is 5.82 Å². The minimum absolute atomic E-state index is 0.0366. The molecule has 2 aliphatic heterocycles. The van der Waals surface area contributed by atoms with E-state index in [0.29, 0.717) is 6.54 Å². The van der Waals surface area contributed by atoms with Crippen molar-refractivity contribution < 1.29 is 9.13 Å². The van der Waals surface area contributed by atoms with E-state index in [1.807, 2.05) is 12.1 Å². The zero-order valence-corrected chi connectivity index (χ0v) is 11.7. The molecule has 1 aromatic rings. The molecule has 2 fully saturated rings. The molecule has 2 N–H and O–H groups in total. The minimum atomic E-state index is -0.183. The topological polar surface area (TPSA) is 41.7 Å². The third-order valence-corrected chi connectivity index (χ3v) is 4.60. The Morgan fingerprint density at radius 1 is 1.15 bits per heavy atom. The SMILES string of the molecule is NCC1(N2CCN(c3ccc(F)cc3)CC2)CCOC1. The fraction of sp³-hybridized carbons (Fsp3) is 0.600. The van der Waals surface area contributed by atoms with Gasteiger partial charge in [-0.25, -0.2) is 4.39 Å². The van der Waals surface area contributed by atoms with Crippen LogP contribution < -0.4 is 10.6 Å². The fourth-order valence-electron chi connectivity index (χ4n) is 3.23. The number of piperazine rings is 1. The Labute approximate surface area is 119 Å². The van der Waals surface area contributed by atoms with Crippen LogP contribution in [0.1, 0.15) is 6.42 Å². The van der Waals surface area contributed by atoms with E-state index in [1.54, 1.807) is 0 Å². The van der Waals surface area contributed by atoms with Crippen molar-refractivity contribution >= 4 is 5.69 Å². The van der Waals surface area contributed by atoms with Crippen LogP contribution in [0.5, 0.6) is 0 Å². The molecule has 3 rings (SSSR count). The van der Waals surface area contributed by atoms with Gasteiger partial charge in [-0.2, -0.15) is 0 Å². The normalized spacial score (nSPS) is 28.0. The maximum Gasteiger partial charge on any atom is 0.123 e. The molecule has 20 heavy (non-hydrogen) atoms. The lowest BCUT2D eigenvalue weighted by molar-refractivity contribution is 0.0670. The Bertz CT molecular complexity index is 437. The molecule has 110 valence electrons. The van der Waals surface area contributed by atoms with Crippen LogP contribution in [-0.2, 0) is 4.74 Å². The molecular weight excluding hydrogens is 257 g/mol. The summed E-state index contributed by atoms with van der Waals surface area (Å²) in [6.07, 6.45) is 1.03. The Morgan fingerprint density at radius 2 is 1.85 bits per heavy atom. The molecule has 0 radical (unpaired) electrons. The third kappa shape index (κ3) is 2.53. The molecule has 5 heteroatoms. The number of benzene rings is 1. The number of hydrogen-bond acceptors (Lipinski definition) is 4. The van der Waals surface area contributed by atoms with Gasteiger partial charge in [0.05, 0.1) is 12.1 Å². The van der Waals surface area contributed by atoms with E-state index >= 15 is 0 Å². The van der Waals surface area contributed by atoms with Crippen molar-refractivity contribution in [1.29, 1.82) is 0 Å². The molecule has 0 amide bonds. The van der Waals surface area contributed by atoms with Crippen molar-refractivity contribution in [3.8, 4) is 0 Å². The Hall–Kier alpha value is -1.17. The van der Waals surface area contributed by atoms with Gasteiger partial charge in [0.2, 0.25) is 0 Å². The zero-order valence-electron chi connectivity index (χ0n) is 11.7. The van der Waals surface area contributed by atoms with E-state index < -0.39 is 0 Å². The summed E-state index contributed by atoms with van der Waals surface area (Å²) in [7, 11) is 0. The number of ether oxygens (including phenoxy) is 1. The first-order valence-electron chi connectivity index (χ1n) is 7.27. The number of nitrogens with two attached hydrogens (primary N) is 1. The van der Waals surface area contributed by atoms with Gasteiger partial charge in [0.15, 0.2) is 0 Å². The summed E-state index contributed by atoms with van der Waals surface area (Å²) in [6.45, 7) is 6.09. The first-order valence-corrected chi connectivity index (χ1v) is 7.27. The first-order chi connectivity index (χ1) is 9.73. The lowest BCUT2D eigenvalue weighted by Gasteiger charge is -2.45. The molecule has 0 aliphatic carbocycles. The second-order valence-corrected chi connectivity index (χ2v) is 5.68. The van der Waals surface area contributed by atoms with Crippen LogP contribution in [0.15, 0.2) is 24.3 Å². The highest BCUT2D eigenvalue weighted by atomic mass is 19.1. The van der Waals surface area contributed by atoms with Gasteiger partial charge in [-0.1, -0.05) is 0 Å². The summed E-state index contributed by atoms with van der Waals surface area (Å²) in [5.74, 6) is -0.183. The molecule has 1 aromatic carbocycles. The molecule has 0 saturated carbocycles. The van der Waals surface area contributed by atoms with Crippen LogP contribution in [0, 0.1) is 5.82 Å². The number of hydrogen-bond donors (Lipinski definition) is 1. The van der Waals surface area contributed by atoms with E-state index in [0.717, 1.165) is 51.5 Å². The van der Waals surface area contributed by atoms with Crippen LogP contribution in [0.4, 0.5) is 10.1 Å². The summed E-state index contributed by atoms with van der Waals surface area (Å²) in [5, 5.41) is 0. The fourth-order valence-corrected chi connectivity index (χ4v) is 3.23. The molecule has 0 bridgehead atoms. The van der Waals surface area contributed by atoms with Crippen LogP contribution in [0.3, 0.4) is 0 Å². The van der Waals surface area contributed by atoms with Crippen LogP contribution in [0.25, 0.3) is 0 Å². The van der Waals surface area contributed by atoms with Crippen molar-refractivity contribution in [2.24, 2.45) is 5.73 Å². The Kier molecular flexibility index (Phi) is 3.92. The quantitative estimate of drug-likeness (QED) is 0.898. The number of anilines is 1. The Morgan fingerprint density at radius 3 is 2.40 bits per heavy atom. The van der Waals surface area contributed by atoms with E-state index in [1.165, 1.54) is 12.1 Å². The molecule has 0 aromatic heterocycles. The second-order valence-electron chi connectivity index (χ2n) is 5.68. The summed E-state index contributed by atoms with van der Waals surface area (Å²) in [4.78, 5) is 4.77. The predicted octanol–water partition coefficient (Wildman–Crippen LogP) is 1.07. The van der Waals surface area contributed by atoms with E-state index in [-0.39, 0.29) is 11.4 Å². The van der Waals surface area contributed by atoms with E-state index in [4.69, 9.17) is 10.5 Å². The molecule has 0 spiro atoms. The van der Waals surface area contributed by atoms with Gasteiger partial charge in [0, 0.05) is 45.0 Å². The number of rotatable bonds is 3. The lowest BCUT2D eigenvalue weighted by Crippen LogP contribution is -2.60. The summed E-state index contributed by atoms with van der Waals surface area (Å²) < 4.78 is 18.5. The average Bonchev–Trinajstić information content (AvgIpc) is 2.98. The van der Waals surface area contributed by atoms with Crippen molar-refractivity contribution in [2.75, 3.05) is 50.8 Å². The van der Waals surface area contributed by atoms with Gasteiger partial charge >= 0.3 is 0 Å². The second kappa shape index (κ2) is 5.68. The smallest absolute Gasteiger partial charge is 0.123 e. The zero-order chi connectivity index (χ0) is 14.0. The standard InChI is InChI=1S/C15H22FN3O/c16-13-1-3-14(4-2-13)18-6-8-19(9-7-18)15(11-17)5-10-20-12-15/h1-4H,5-12,17H2. The monoisotopic (exact) mass is 279 g/mol. The van der Waals surface area contributed by atoms with E-state index in [2.05, 4.69) is 9.80 Å². The number of nitrogens with zero attached hydrogens (tertiary/aromatic N) is 2. The maximum atomic E-state index is 13.0. The molecule has 2 heterocycles. The van der Waals surface area contributed by atoms with Gasteiger partial charge < -0.3 is 15.4 Å². The number of halogens is 1. The molecular formula is C15H22FN3O. The summed E-state index contributed by atoms with van der Waals surface area (Å²) >= 11 is 0. The van der Waals surface area contributed by atoms with Crippen molar-refractivity contribution in [1.82, 2.24) is 4.90 Å². The summed E-state index contributed by atoms with van der Waals surface area (Å²) in [5.41, 5.74) is 7.11. The summed E-state index contributed by atoms with van der Waals surface area (Å²) in [6, 6.07) is 6.74. The van der Waals surface area contributed by atoms with Gasteiger partial charge in [-0.3, -0.25) is 4.90 Å². The molecule has 1 atom stereocenters. The molecule has 2 saturated heterocycles. The van der Waals surface area contributed by atoms with Crippen molar-refractivity contribution in [2.45, 2.75) is 12.0 Å². The van der Waals surface area contributed by atoms with Crippen molar-refractivity contribution in [3.63, 3.8) is 0 Å². The van der Waals surface area contributed by atoms with Gasteiger partial charge in [-0.05, 0) is 30.7 Å². The highest BCUT2D eigenvalue weighted by molar-refractivity contribution is 5.46.